The molecule has 0 amide bonds. The minimum Gasteiger partial charge on any atom is -0.392 e. The zero-order valence-electron chi connectivity index (χ0n) is 8.52. The minimum atomic E-state index is -0.104. The van der Waals surface area contributed by atoms with Crippen LogP contribution < -0.4 is 0 Å². The lowest BCUT2D eigenvalue weighted by Gasteiger charge is -1.99. The summed E-state index contributed by atoms with van der Waals surface area (Å²) < 4.78 is 0. The second-order valence-corrected chi connectivity index (χ2v) is 3.38. The van der Waals surface area contributed by atoms with Crippen molar-refractivity contribution in [2.75, 3.05) is 6.54 Å². The van der Waals surface area contributed by atoms with Crippen LogP contribution in [0.2, 0.25) is 5.02 Å². The second kappa shape index (κ2) is 6.76. The first-order valence-electron chi connectivity index (χ1n) is 4.67. The van der Waals surface area contributed by atoms with Gasteiger partial charge in [0.25, 0.3) is 0 Å². The summed E-state index contributed by atoms with van der Waals surface area (Å²) in [5.41, 5.74) is 9.49. The van der Waals surface area contributed by atoms with Crippen LogP contribution >= 0.6 is 11.6 Å². The van der Waals surface area contributed by atoms with Crippen molar-refractivity contribution in [3.05, 3.63) is 44.8 Å². The van der Waals surface area contributed by atoms with Crippen LogP contribution in [0.25, 0.3) is 10.4 Å². The molecule has 0 aliphatic heterocycles. The number of azide groups is 1. The van der Waals surface area contributed by atoms with Crippen molar-refractivity contribution in [3.8, 4) is 11.8 Å². The van der Waals surface area contributed by atoms with E-state index in [0.717, 1.165) is 5.56 Å². The number of benzene rings is 1. The van der Waals surface area contributed by atoms with Crippen LogP contribution in [0.5, 0.6) is 0 Å². The molecule has 16 heavy (non-hydrogen) atoms. The minimum absolute atomic E-state index is 0.104. The largest absolute Gasteiger partial charge is 0.392 e. The maximum absolute atomic E-state index is 9.00. The third-order valence-electron chi connectivity index (χ3n) is 1.85. The fraction of sp³-hybridized carbons (Fsp3) is 0.273. The molecule has 1 aromatic carbocycles. The highest BCUT2D eigenvalue weighted by Crippen LogP contribution is 2.16. The highest BCUT2D eigenvalue weighted by molar-refractivity contribution is 6.31. The molecule has 0 aliphatic carbocycles. The van der Waals surface area contributed by atoms with Crippen molar-refractivity contribution in [3.63, 3.8) is 0 Å². The number of rotatable bonds is 3. The third-order valence-corrected chi connectivity index (χ3v) is 2.22. The van der Waals surface area contributed by atoms with Gasteiger partial charge in [0, 0.05) is 28.5 Å². The Morgan fingerprint density at radius 3 is 3.00 bits per heavy atom. The highest BCUT2D eigenvalue weighted by Gasteiger charge is 1.98. The van der Waals surface area contributed by atoms with E-state index in [-0.39, 0.29) is 6.61 Å². The van der Waals surface area contributed by atoms with Gasteiger partial charge in [-0.2, -0.15) is 0 Å². The lowest BCUT2D eigenvalue weighted by molar-refractivity contribution is 0.282. The van der Waals surface area contributed by atoms with Gasteiger partial charge in [-0.1, -0.05) is 28.6 Å². The number of aliphatic hydroxyl groups excluding tert-OH is 1. The van der Waals surface area contributed by atoms with E-state index in [1.165, 1.54) is 0 Å². The number of halogens is 1. The first-order chi connectivity index (χ1) is 7.77. The molecule has 82 valence electrons. The van der Waals surface area contributed by atoms with Crippen LogP contribution in [0.1, 0.15) is 17.5 Å². The first-order valence-corrected chi connectivity index (χ1v) is 5.04. The van der Waals surface area contributed by atoms with Crippen LogP contribution in [-0.4, -0.2) is 11.7 Å². The predicted molar refractivity (Wildman–Crippen MR) is 62.9 cm³/mol. The molecule has 0 fully saturated rings. The molecule has 0 saturated heterocycles. The summed E-state index contributed by atoms with van der Waals surface area (Å²) in [5.74, 6) is 5.77. The van der Waals surface area contributed by atoms with Gasteiger partial charge in [-0.05, 0) is 29.3 Å². The van der Waals surface area contributed by atoms with E-state index in [2.05, 4.69) is 21.9 Å². The lowest BCUT2D eigenvalue weighted by Crippen LogP contribution is -1.86. The molecule has 0 radical (unpaired) electrons. The summed E-state index contributed by atoms with van der Waals surface area (Å²) in [5, 5.41) is 12.9. The van der Waals surface area contributed by atoms with Gasteiger partial charge >= 0.3 is 0 Å². The molecule has 5 heteroatoms. The fourth-order valence-corrected chi connectivity index (χ4v) is 1.27. The predicted octanol–water partition coefficient (Wildman–Crippen LogP) is 2.88. The van der Waals surface area contributed by atoms with Gasteiger partial charge in [-0.3, -0.25) is 0 Å². The Morgan fingerprint density at radius 1 is 1.50 bits per heavy atom. The van der Waals surface area contributed by atoms with Crippen molar-refractivity contribution in [2.45, 2.75) is 13.0 Å². The lowest BCUT2D eigenvalue weighted by atomic mass is 10.1. The molecule has 1 aromatic rings. The molecular formula is C11H10ClN3O. The summed E-state index contributed by atoms with van der Waals surface area (Å²) in [7, 11) is 0. The second-order valence-electron chi connectivity index (χ2n) is 2.97. The van der Waals surface area contributed by atoms with Gasteiger partial charge in [0.2, 0.25) is 0 Å². The van der Waals surface area contributed by atoms with Crippen molar-refractivity contribution < 1.29 is 5.11 Å². The van der Waals surface area contributed by atoms with E-state index in [4.69, 9.17) is 22.2 Å². The standard InChI is InChI=1S/C11H10ClN3O/c12-11-5-4-9(7-10(11)8-16)3-1-2-6-14-15-13/h4-5,7,16H,2,6,8H2. The van der Waals surface area contributed by atoms with Gasteiger partial charge in [0.15, 0.2) is 0 Å². The SMILES string of the molecule is [N-]=[N+]=NCCC#Cc1ccc(Cl)c(CO)c1. The van der Waals surface area contributed by atoms with Crippen molar-refractivity contribution in [1.82, 2.24) is 0 Å². The normalized spacial score (nSPS) is 8.88. The molecule has 1 N–H and O–H groups in total. The van der Waals surface area contributed by atoms with E-state index >= 15 is 0 Å². The van der Waals surface area contributed by atoms with Crippen LogP contribution in [0.15, 0.2) is 23.3 Å². The average Bonchev–Trinajstić information content (AvgIpc) is 2.31. The van der Waals surface area contributed by atoms with E-state index < -0.39 is 0 Å². The molecule has 0 unspecified atom stereocenters. The van der Waals surface area contributed by atoms with Crippen molar-refractivity contribution in [1.29, 1.82) is 0 Å². The zero-order valence-corrected chi connectivity index (χ0v) is 9.28. The average molecular weight is 236 g/mol. The molecule has 0 spiro atoms. The van der Waals surface area contributed by atoms with E-state index in [1.54, 1.807) is 18.2 Å². The van der Waals surface area contributed by atoms with Crippen LogP contribution in [0, 0.1) is 11.8 Å². The number of aliphatic hydroxyl groups is 1. The maximum atomic E-state index is 9.00. The fourth-order valence-electron chi connectivity index (χ4n) is 1.09. The van der Waals surface area contributed by atoms with Gasteiger partial charge < -0.3 is 5.11 Å². The quantitative estimate of drug-likeness (QED) is 0.283. The van der Waals surface area contributed by atoms with E-state index in [0.29, 0.717) is 23.6 Å². The molecule has 1 rings (SSSR count). The van der Waals surface area contributed by atoms with Gasteiger partial charge in [-0.15, -0.1) is 0 Å². The van der Waals surface area contributed by atoms with Crippen LogP contribution in [-0.2, 0) is 6.61 Å². The summed E-state index contributed by atoms with van der Waals surface area (Å²) in [6.07, 6.45) is 0.515. The molecule has 0 heterocycles. The Morgan fingerprint density at radius 2 is 2.31 bits per heavy atom. The Balaban J connectivity index is 2.70. The van der Waals surface area contributed by atoms with E-state index in [9.17, 15) is 0 Å². The van der Waals surface area contributed by atoms with Crippen molar-refractivity contribution >= 4 is 11.6 Å². The smallest absolute Gasteiger partial charge is 0.0696 e. The Hall–Kier alpha value is -1.66. The monoisotopic (exact) mass is 235 g/mol. The van der Waals surface area contributed by atoms with Crippen LogP contribution in [0.4, 0.5) is 0 Å². The molecular weight excluding hydrogens is 226 g/mol. The molecule has 0 bridgehead atoms. The number of hydrogen-bond acceptors (Lipinski definition) is 2. The van der Waals surface area contributed by atoms with Crippen molar-refractivity contribution in [2.24, 2.45) is 5.11 Å². The molecule has 4 nitrogen and oxygen atoms in total. The topological polar surface area (TPSA) is 69.0 Å². The highest BCUT2D eigenvalue weighted by atomic mass is 35.5. The molecule has 0 saturated carbocycles. The van der Waals surface area contributed by atoms with Gasteiger partial charge in [0.05, 0.1) is 6.61 Å². The molecule has 0 atom stereocenters. The summed E-state index contributed by atoms with van der Waals surface area (Å²) in [6, 6.07) is 5.22. The number of hydrogen-bond donors (Lipinski definition) is 1. The van der Waals surface area contributed by atoms with E-state index in [1.807, 2.05) is 0 Å². The summed E-state index contributed by atoms with van der Waals surface area (Å²) in [6.45, 7) is 0.261. The Labute approximate surface area is 98.5 Å². The molecule has 0 aliphatic rings. The zero-order chi connectivity index (χ0) is 11.8. The van der Waals surface area contributed by atoms with Crippen LogP contribution in [0.3, 0.4) is 0 Å². The Bertz CT molecular complexity index is 470. The number of nitrogens with zero attached hydrogens (tertiary/aromatic N) is 3. The third kappa shape index (κ3) is 3.84. The summed E-state index contributed by atoms with van der Waals surface area (Å²) >= 11 is 5.84. The summed E-state index contributed by atoms with van der Waals surface area (Å²) in [4.78, 5) is 2.63. The molecule has 0 aromatic heterocycles. The Kier molecular flexibility index (Phi) is 5.24. The van der Waals surface area contributed by atoms with Gasteiger partial charge in [0.1, 0.15) is 0 Å². The first kappa shape index (κ1) is 12.4. The van der Waals surface area contributed by atoms with Gasteiger partial charge in [-0.25, -0.2) is 0 Å². The maximum Gasteiger partial charge on any atom is 0.0696 e.